The molecule has 0 fully saturated rings. The van der Waals surface area contributed by atoms with Gasteiger partial charge in [-0.25, -0.2) is 0 Å². The van der Waals surface area contributed by atoms with Crippen molar-refractivity contribution in [1.82, 2.24) is 0 Å². The number of hydrogen-bond donors (Lipinski definition) is 1. The van der Waals surface area contributed by atoms with E-state index in [1.54, 1.807) is 0 Å². The highest BCUT2D eigenvalue weighted by atomic mass is 79.9. The molecule has 0 spiro atoms. The van der Waals surface area contributed by atoms with Crippen molar-refractivity contribution < 1.29 is 0 Å². The van der Waals surface area contributed by atoms with E-state index in [1.165, 1.54) is 11.1 Å². The third kappa shape index (κ3) is 3.49. The normalized spacial score (nSPS) is 12.8. The second-order valence-corrected chi connectivity index (χ2v) is 4.86. The van der Waals surface area contributed by atoms with Crippen molar-refractivity contribution in [3.8, 4) is 0 Å². The molecule has 1 unspecified atom stereocenters. The van der Waals surface area contributed by atoms with Crippen molar-refractivity contribution >= 4 is 15.9 Å². The van der Waals surface area contributed by atoms with E-state index in [0.29, 0.717) is 11.4 Å². The first-order valence-corrected chi connectivity index (χ1v) is 5.56. The summed E-state index contributed by atoms with van der Waals surface area (Å²) in [6.45, 7) is 2.82. The van der Waals surface area contributed by atoms with E-state index < -0.39 is 0 Å². The summed E-state index contributed by atoms with van der Waals surface area (Å²) in [5.74, 6) is 0. The molecule has 0 aliphatic carbocycles. The molecule has 13 heavy (non-hydrogen) atoms. The van der Waals surface area contributed by atoms with Crippen molar-refractivity contribution in [2.24, 2.45) is 5.73 Å². The zero-order valence-corrected chi connectivity index (χ0v) is 9.55. The molecule has 2 heteroatoms. The standard InChI is InChI=1S/C11H16BrN/c1-9(12)6-7-10-4-2-3-5-11(10)8-13/h2-5,9H,6-8,13H2,1H3. The van der Waals surface area contributed by atoms with E-state index in [0.717, 1.165) is 12.8 Å². The van der Waals surface area contributed by atoms with Gasteiger partial charge in [0.25, 0.3) is 0 Å². The largest absolute Gasteiger partial charge is 0.326 e. The molecule has 1 aromatic carbocycles. The maximum Gasteiger partial charge on any atom is 0.0180 e. The number of halogens is 1. The van der Waals surface area contributed by atoms with Gasteiger partial charge in [0.2, 0.25) is 0 Å². The van der Waals surface area contributed by atoms with Gasteiger partial charge in [-0.1, -0.05) is 47.1 Å². The smallest absolute Gasteiger partial charge is 0.0180 e. The number of nitrogens with two attached hydrogens (primary N) is 1. The summed E-state index contributed by atoms with van der Waals surface area (Å²) in [7, 11) is 0. The maximum absolute atomic E-state index is 5.65. The third-order valence-electron chi connectivity index (χ3n) is 2.15. The fourth-order valence-corrected chi connectivity index (χ4v) is 1.58. The van der Waals surface area contributed by atoms with Crippen LogP contribution in [0.4, 0.5) is 0 Å². The molecule has 1 nitrogen and oxygen atoms in total. The predicted octanol–water partition coefficient (Wildman–Crippen LogP) is 2.86. The minimum absolute atomic E-state index is 0.582. The molecule has 1 atom stereocenters. The van der Waals surface area contributed by atoms with E-state index in [4.69, 9.17) is 5.73 Å². The van der Waals surface area contributed by atoms with Crippen molar-refractivity contribution in [2.45, 2.75) is 31.1 Å². The first-order valence-electron chi connectivity index (χ1n) is 4.65. The first-order chi connectivity index (χ1) is 6.24. The van der Waals surface area contributed by atoms with Gasteiger partial charge >= 0.3 is 0 Å². The van der Waals surface area contributed by atoms with Crippen LogP contribution in [0.5, 0.6) is 0 Å². The lowest BCUT2D eigenvalue weighted by Gasteiger charge is -2.08. The average Bonchev–Trinajstić information content (AvgIpc) is 2.15. The summed E-state index contributed by atoms with van der Waals surface area (Å²) in [5, 5.41) is 0. The summed E-state index contributed by atoms with van der Waals surface area (Å²) < 4.78 is 0. The second-order valence-electron chi connectivity index (χ2n) is 3.29. The molecular formula is C11H16BrN. The van der Waals surface area contributed by atoms with E-state index in [9.17, 15) is 0 Å². The zero-order chi connectivity index (χ0) is 9.68. The highest BCUT2D eigenvalue weighted by molar-refractivity contribution is 9.09. The van der Waals surface area contributed by atoms with Gasteiger partial charge in [0.05, 0.1) is 0 Å². The monoisotopic (exact) mass is 241 g/mol. The maximum atomic E-state index is 5.65. The lowest BCUT2D eigenvalue weighted by atomic mass is 10.0. The quantitative estimate of drug-likeness (QED) is 0.807. The Hall–Kier alpha value is -0.340. The summed E-state index contributed by atoms with van der Waals surface area (Å²) >= 11 is 3.55. The molecule has 0 aliphatic rings. The van der Waals surface area contributed by atoms with Crippen LogP contribution in [-0.4, -0.2) is 4.83 Å². The van der Waals surface area contributed by atoms with Gasteiger partial charge in [-0.05, 0) is 24.0 Å². The van der Waals surface area contributed by atoms with Crippen LogP contribution in [0.25, 0.3) is 0 Å². The number of aryl methyl sites for hydroxylation is 1. The molecule has 0 saturated carbocycles. The van der Waals surface area contributed by atoms with Gasteiger partial charge < -0.3 is 5.73 Å². The van der Waals surface area contributed by atoms with Crippen LogP contribution in [0.2, 0.25) is 0 Å². The number of alkyl halides is 1. The average molecular weight is 242 g/mol. The number of rotatable bonds is 4. The van der Waals surface area contributed by atoms with E-state index in [1.807, 2.05) is 6.07 Å². The summed E-state index contributed by atoms with van der Waals surface area (Å²) in [5.41, 5.74) is 8.30. The van der Waals surface area contributed by atoms with Crippen LogP contribution >= 0.6 is 15.9 Å². The molecule has 1 aromatic rings. The SMILES string of the molecule is CC(Br)CCc1ccccc1CN. The Balaban J connectivity index is 2.64. The molecule has 0 amide bonds. The fourth-order valence-electron chi connectivity index (χ4n) is 1.35. The predicted molar refractivity (Wildman–Crippen MR) is 61.0 cm³/mol. The molecule has 72 valence electrons. The Labute approximate surface area is 88.5 Å². The molecule has 0 heterocycles. The Kier molecular flexibility index (Phi) is 4.46. The van der Waals surface area contributed by atoms with Crippen molar-refractivity contribution in [3.63, 3.8) is 0 Å². The molecule has 0 aromatic heterocycles. The Morgan fingerprint density at radius 2 is 1.92 bits per heavy atom. The zero-order valence-electron chi connectivity index (χ0n) is 7.96. The van der Waals surface area contributed by atoms with Crippen LogP contribution in [-0.2, 0) is 13.0 Å². The minimum atomic E-state index is 0.582. The van der Waals surface area contributed by atoms with Crippen LogP contribution in [0, 0.1) is 0 Å². The summed E-state index contributed by atoms with van der Waals surface area (Å²) in [6, 6.07) is 8.39. The minimum Gasteiger partial charge on any atom is -0.326 e. The molecule has 1 rings (SSSR count). The summed E-state index contributed by atoms with van der Waals surface area (Å²) in [4.78, 5) is 0.582. The molecule has 0 saturated heterocycles. The van der Waals surface area contributed by atoms with E-state index >= 15 is 0 Å². The molecule has 0 radical (unpaired) electrons. The summed E-state index contributed by atoms with van der Waals surface area (Å²) in [6.07, 6.45) is 2.27. The van der Waals surface area contributed by atoms with Gasteiger partial charge in [-0.3, -0.25) is 0 Å². The number of benzene rings is 1. The molecule has 0 bridgehead atoms. The topological polar surface area (TPSA) is 26.0 Å². The lowest BCUT2D eigenvalue weighted by molar-refractivity contribution is 0.810. The lowest BCUT2D eigenvalue weighted by Crippen LogP contribution is -2.03. The first kappa shape index (κ1) is 10.7. The highest BCUT2D eigenvalue weighted by Gasteiger charge is 2.01. The number of hydrogen-bond acceptors (Lipinski definition) is 1. The molecular weight excluding hydrogens is 226 g/mol. The van der Waals surface area contributed by atoms with Gasteiger partial charge in [0, 0.05) is 11.4 Å². The van der Waals surface area contributed by atoms with Gasteiger partial charge in [-0.2, -0.15) is 0 Å². The Morgan fingerprint density at radius 3 is 2.46 bits per heavy atom. The molecule has 2 N–H and O–H groups in total. The van der Waals surface area contributed by atoms with Gasteiger partial charge in [0.1, 0.15) is 0 Å². The van der Waals surface area contributed by atoms with E-state index in [-0.39, 0.29) is 0 Å². The van der Waals surface area contributed by atoms with Crippen LogP contribution in [0.3, 0.4) is 0 Å². The Bertz CT molecular complexity index is 258. The van der Waals surface area contributed by atoms with E-state index in [2.05, 4.69) is 41.1 Å². The highest BCUT2D eigenvalue weighted by Crippen LogP contribution is 2.14. The van der Waals surface area contributed by atoms with Crippen molar-refractivity contribution in [3.05, 3.63) is 35.4 Å². The van der Waals surface area contributed by atoms with Crippen molar-refractivity contribution in [1.29, 1.82) is 0 Å². The van der Waals surface area contributed by atoms with Crippen LogP contribution in [0.1, 0.15) is 24.5 Å². The molecule has 0 aliphatic heterocycles. The van der Waals surface area contributed by atoms with Crippen molar-refractivity contribution in [2.75, 3.05) is 0 Å². The third-order valence-corrected chi connectivity index (χ3v) is 2.61. The van der Waals surface area contributed by atoms with Crippen LogP contribution < -0.4 is 5.73 Å². The Morgan fingerprint density at radius 1 is 1.31 bits per heavy atom. The van der Waals surface area contributed by atoms with Crippen LogP contribution in [0.15, 0.2) is 24.3 Å². The van der Waals surface area contributed by atoms with Gasteiger partial charge in [-0.15, -0.1) is 0 Å². The second kappa shape index (κ2) is 5.40. The van der Waals surface area contributed by atoms with Gasteiger partial charge in [0.15, 0.2) is 0 Å². The fraction of sp³-hybridized carbons (Fsp3) is 0.455.